The van der Waals surface area contributed by atoms with E-state index in [0.29, 0.717) is 11.8 Å². The van der Waals surface area contributed by atoms with Crippen LogP contribution in [0.4, 0.5) is 0 Å². The summed E-state index contributed by atoms with van der Waals surface area (Å²) in [4.78, 5) is 15.3. The van der Waals surface area contributed by atoms with Crippen LogP contribution in [0.3, 0.4) is 0 Å². The van der Waals surface area contributed by atoms with Crippen LogP contribution in [0.15, 0.2) is 4.99 Å². The van der Waals surface area contributed by atoms with E-state index < -0.39 is 5.41 Å². The van der Waals surface area contributed by atoms with Gasteiger partial charge in [-0.1, -0.05) is 18.7 Å². The Balaban J connectivity index is 2.37. The van der Waals surface area contributed by atoms with E-state index in [1.54, 1.807) is 11.8 Å². The molecule has 14 heavy (non-hydrogen) atoms. The molecule has 0 aromatic carbocycles. The molecule has 0 radical (unpaired) electrons. The number of thioether (sulfide) groups is 1. The summed E-state index contributed by atoms with van der Waals surface area (Å²) < 4.78 is 0. The van der Waals surface area contributed by atoms with Gasteiger partial charge in [-0.3, -0.25) is 9.79 Å². The Labute approximate surface area is 88.7 Å². The van der Waals surface area contributed by atoms with Crippen molar-refractivity contribution in [2.24, 2.45) is 16.1 Å². The number of hydrogen-bond donors (Lipinski definition) is 2. The Morgan fingerprint density at radius 3 is 2.86 bits per heavy atom. The highest BCUT2D eigenvalue weighted by molar-refractivity contribution is 8.14. The number of nitrogens with one attached hydrogen (secondary N) is 1. The highest BCUT2D eigenvalue weighted by atomic mass is 32.2. The van der Waals surface area contributed by atoms with Gasteiger partial charge in [0.15, 0.2) is 5.17 Å². The lowest BCUT2D eigenvalue weighted by atomic mass is 9.93. The maximum absolute atomic E-state index is 11.0. The zero-order valence-electron chi connectivity index (χ0n) is 8.83. The Bertz CT molecular complexity index is 263. The largest absolute Gasteiger partial charge is 0.369 e. The van der Waals surface area contributed by atoms with Crippen LogP contribution in [0.2, 0.25) is 0 Å². The van der Waals surface area contributed by atoms with Gasteiger partial charge >= 0.3 is 0 Å². The Morgan fingerprint density at radius 1 is 1.79 bits per heavy atom. The molecule has 0 bridgehead atoms. The summed E-state index contributed by atoms with van der Waals surface area (Å²) in [5.74, 6) is -0.290. The summed E-state index contributed by atoms with van der Waals surface area (Å²) >= 11 is 1.70. The maximum Gasteiger partial charge on any atom is 0.224 e. The van der Waals surface area contributed by atoms with Crippen LogP contribution in [0.25, 0.3) is 0 Å². The molecule has 1 heterocycles. The molecule has 0 spiro atoms. The van der Waals surface area contributed by atoms with Gasteiger partial charge in [-0.05, 0) is 13.8 Å². The first kappa shape index (κ1) is 11.4. The monoisotopic (exact) mass is 215 g/mol. The van der Waals surface area contributed by atoms with Gasteiger partial charge in [0.05, 0.1) is 12.0 Å². The fourth-order valence-electron chi connectivity index (χ4n) is 0.958. The number of amides is 1. The molecule has 0 aromatic rings. The van der Waals surface area contributed by atoms with Crippen LogP contribution >= 0.6 is 11.8 Å². The van der Waals surface area contributed by atoms with E-state index in [1.165, 1.54) is 0 Å². The molecule has 1 unspecified atom stereocenters. The molecule has 0 saturated carbocycles. The number of amidine groups is 1. The Morgan fingerprint density at radius 2 is 2.43 bits per heavy atom. The van der Waals surface area contributed by atoms with E-state index in [0.717, 1.165) is 11.7 Å². The number of nitrogens with zero attached hydrogens (tertiary/aromatic N) is 1. The summed E-state index contributed by atoms with van der Waals surface area (Å²) in [7, 11) is 0. The minimum Gasteiger partial charge on any atom is -0.369 e. The lowest BCUT2D eigenvalue weighted by Crippen LogP contribution is -2.41. The summed E-state index contributed by atoms with van der Waals surface area (Å²) in [6, 6.07) is 0. The molecule has 1 rings (SSSR count). The number of nitrogens with two attached hydrogens (primary N) is 1. The third kappa shape index (κ3) is 2.90. The van der Waals surface area contributed by atoms with Gasteiger partial charge in [0.2, 0.25) is 5.91 Å². The van der Waals surface area contributed by atoms with E-state index in [2.05, 4.69) is 17.2 Å². The van der Waals surface area contributed by atoms with E-state index >= 15 is 0 Å². The lowest BCUT2D eigenvalue weighted by molar-refractivity contribution is -0.125. The molecule has 5 heteroatoms. The highest BCUT2D eigenvalue weighted by Crippen LogP contribution is 2.20. The van der Waals surface area contributed by atoms with E-state index in [9.17, 15) is 4.79 Å². The van der Waals surface area contributed by atoms with Crippen molar-refractivity contribution < 1.29 is 4.79 Å². The molecule has 1 aliphatic heterocycles. The summed E-state index contributed by atoms with van der Waals surface area (Å²) in [6.07, 6.45) is 0. The predicted octanol–water partition coefficient (Wildman–Crippen LogP) is 0.579. The highest BCUT2D eigenvalue weighted by Gasteiger charge is 2.26. The van der Waals surface area contributed by atoms with Crippen LogP contribution in [0.1, 0.15) is 20.8 Å². The Kier molecular flexibility index (Phi) is 3.42. The van der Waals surface area contributed by atoms with Crippen molar-refractivity contribution in [2.45, 2.75) is 26.0 Å². The first-order chi connectivity index (χ1) is 6.42. The number of hydrogen-bond acceptors (Lipinski definition) is 4. The van der Waals surface area contributed by atoms with E-state index in [4.69, 9.17) is 5.73 Å². The van der Waals surface area contributed by atoms with Gasteiger partial charge in [-0.25, -0.2) is 0 Å². The van der Waals surface area contributed by atoms with Crippen molar-refractivity contribution in [3.63, 3.8) is 0 Å². The average molecular weight is 215 g/mol. The van der Waals surface area contributed by atoms with Crippen LogP contribution in [0, 0.1) is 5.41 Å². The molecular weight excluding hydrogens is 198 g/mol. The van der Waals surface area contributed by atoms with Crippen LogP contribution < -0.4 is 11.1 Å². The van der Waals surface area contributed by atoms with Crippen LogP contribution in [-0.2, 0) is 4.79 Å². The number of carbonyl (C=O) groups is 1. The molecule has 1 atom stereocenters. The second-order valence-electron chi connectivity index (χ2n) is 4.18. The number of primary amides is 1. The normalized spacial score (nSPS) is 21.9. The molecule has 1 aliphatic rings. The Hall–Kier alpha value is -0.710. The maximum atomic E-state index is 11.0. The van der Waals surface area contributed by atoms with Crippen molar-refractivity contribution in [1.29, 1.82) is 0 Å². The fraction of sp³-hybridized carbons (Fsp3) is 0.778. The molecule has 0 aromatic heterocycles. The van der Waals surface area contributed by atoms with Gasteiger partial charge in [-0.15, -0.1) is 0 Å². The summed E-state index contributed by atoms with van der Waals surface area (Å²) in [5.41, 5.74) is 4.74. The molecule has 0 fully saturated rings. The number of rotatable bonds is 3. The molecule has 4 nitrogen and oxygen atoms in total. The van der Waals surface area contributed by atoms with Crippen LogP contribution in [0.5, 0.6) is 0 Å². The second kappa shape index (κ2) is 4.21. The lowest BCUT2D eigenvalue weighted by Gasteiger charge is -2.21. The molecule has 1 amide bonds. The van der Waals surface area contributed by atoms with Gasteiger partial charge < -0.3 is 11.1 Å². The van der Waals surface area contributed by atoms with Gasteiger partial charge in [-0.2, -0.15) is 0 Å². The fourth-order valence-corrected chi connectivity index (χ4v) is 1.79. The third-order valence-electron chi connectivity index (χ3n) is 2.15. The second-order valence-corrected chi connectivity index (χ2v) is 5.60. The van der Waals surface area contributed by atoms with E-state index in [-0.39, 0.29) is 5.91 Å². The van der Waals surface area contributed by atoms with Crippen molar-refractivity contribution in [1.82, 2.24) is 5.32 Å². The minimum absolute atomic E-state index is 0.290. The third-order valence-corrected chi connectivity index (χ3v) is 3.20. The zero-order valence-corrected chi connectivity index (χ0v) is 9.65. The average Bonchev–Trinajstić information content (AvgIpc) is 2.48. The van der Waals surface area contributed by atoms with E-state index in [1.807, 2.05) is 13.8 Å². The van der Waals surface area contributed by atoms with Crippen molar-refractivity contribution in [3.8, 4) is 0 Å². The predicted molar refractivity (Wildman–Crippen MR) is 60.3 cm³/mol. The summed E-state index contributed by atoms with van der Waals surface area (Å²) in [6.45, 7) is 7.17. The molecule has 0 saturated heterocycles. The zero-order chi connectivity index (χ0) is 10.8. The van der Waals surface area contributed by atoms with Gasteiger partial charge in [0.1, 0.15) is 0 Å². The molecular formula is C9H17N3OS. The van der Waals surface area contributed by atoms with Gasteiger partial charge in [0, 0.05) is 11.8 Å². The first-order valence-electron chi connectivity index (χ1n) is 4.67. The topological polar surface area (TPSA) is 67.5 Å². The molecule has 80 valence electrons. The van der Waals surface area contributed by atoms with Crippen molar-refractivity contribution >= 4 is 22.8 Å². The quantitative estimate of drug-likeness (QED) is 0.723. The van der Waals surface area contributed by atoms with Crippen molar-refractivity contribution in [3.05, 3.63) is 0 Å². The van der Waals surface area contributed by atoms with Gasteiger partial charge in [0.25, 0.3) is 0 Å². The standard InChI is InChI=1S/C9H17N3OS/c1-6-4-11-8(14-6)12-5-9(2,3)7(10)13/h6H,4-5H2,1-3H3,(H2,10,13)(H,11,12). The number of carbonyl (C=O) groups excluding carboxylic acids is 1. The summed E-state index contributed by atoms with van der Waals surface area (Å²) in [5, 5.41) is 4.61. The van der Waals surface area contributed by atoms with Crippen LogP contribution in [-0.4, -0.2) is 29.4 Å². The SMILES string of the molecule is CC1CN=C(NCC(C)(C)C(N)=O)S1. The molecule has 3 N–H and O–H groups in total. The number of aliphatic imine (C=N–C) groups is 1. The van der Waals surface area contributed by atoms with Crippen molar-refractivity contribution in [2.75, 3.05) is 13.1 Å². The molecule has 0 aliphatic carbocycles. The smallest absolute Gasteiger partial charge is 0.224 e. The first-order valence-corrected chi connectivity index (χ1v) is 5.54. The minimum atomic E-state index is -0.519.